The second-order valence-corrected chi connectivity index (χ2v) is 12.4. The van der Waals surface area contributed by atoms with E-state index in [-0.39, 0.29) is 5.92 Å². The largest absolute Gasteiger partial charge is 0.444 e. The number of hydrogen-bond acceptors (Lipinski definition) is 4. The second-order valence-electron chi connectivity index (χ2n) is 12.4. The van der Waals surface area contributed by atoms with E-state index in [4.69, 9.17) is 11.2 Å². The zero-order chi connectivity index (χ0) is 30.5. The van der Waals surface area contributed by atoms with Crippen molar-refractivity contribution in [1.29, 1.82) is 0 Å². The molecule has 0 aliphatic rings. The first-order valence-electron chi connectivity index (χ1n) is 13.8. The number of hydrogen-bond donors (Lipinski definition) is 2. The van der Waals surface area contributed by atoms with Gasteiger partial charge in [-0.15, -0.1) is 6.42 Å². The molecule has 0 heterocycles. The Bertz CT molecular complexity index is 1460. The molecule has 3 rings (SSSR count). The molecule has 3 amide bonds. The van der Waals surface area contributed by atoms with Gasteiger partial charge in [0.1, 0.15) is 17.7 Å². The molecule has 0 bridgehead atoms. The van der Waals surface area contributed by atoms with Gasteiger partial charge in [-0.2, -0.15) is 0 Å². The number of benzene rings is 3. The van der Waals surface area contributed by atoms with Crippen LogP contribution in [0, 0.1) is 18.3 Å². The van der Waals surface area contributed by atoms with Gasteiger partial charge in [-0.05, 0) is 82.0 Å². The maximum atomic E-state index is 14.4. The molecule has 2 unspecified atom stereocenters. The lowest BCUT2D eigenvalue weighted by atomic mass is 9.91. The van der Waals surface area contributed by atoms with Crippen LogP contribution in [-0.2, 0) is 14.3 Å². The summed E-state index contributed by atoms with van der Waals surface area (Å²) in [4.78, 5) is 42.9. The number of alkyl carbamates (subject to hydrolysis) is 1. The van der Waals surface area contributed by atoms with Gasteiger partial charge in [0.2, 0.25) is 5.91 Å². The van der Waals surface area contributed by atoms with Gasteiger partial charge < -0.3 is 20.3 Å². The van der Waals surface area contributed by atoms with Gasteiger partial charge in [-0.1, -0.05) is 68.3 Å². The summed E-state index contributed by atoms with van der Waals surface area (Å²) in [7, 11) is 0. The summed E-state index contributed by atoms with van der Waals surface area (Å²) in [5, 5.41) is 7.77. The van der Waals surface area contributed by atoms with Crippen LogP contribution in [0.1, 0.15) is 72.6 Å². The minimum absolute atomic E-state index is 0.299. The van der Waals surface area contributed by atoms with Crippen LogP contribution in [0.4, 0.5) is 10.5 Å². The maximum absolute atomic E-state index is 14.4. The van der Waals surface area contributed by atoms with E-state index in [1.807, 2.05) is 77.1 Å². The molecule has 0 saturated carbocycles. The summed E-state index contributed by atoms with van der Waals surface area (Å²) in [6.45, 7) is 14.5. The van der Waals surface area contributed by atoms with Crippen molar-refractivity contribution in [3.05, 3.63) is 77.9 Å². The van der Waals surface area contributed by atoms with Crippen LogP contribution in [0.2, 0.25) is 0 Å². The monoisotopic (exact) mass is 555 g/mol. The van der Waals surface area contributed by atoms with Crippen molar-refractivity contribution in [1.82, 2.24) is 10.2 Å². The Hall–Kier alpha value is -4.31. The minimum atomic E-state index is -1.09. The van der Waals surface area contributed by atoms with E-state index in [1.165, 1.54) is 4.90 Å². The highest BCUT2D eigenvalue weighted by Gasteiger charge is 2.43. The molecule has 0 aliphatic heterocycles. The third-order valence-corrected chi connectivity index (χ3v) is 6.50. The van der Waals surface area contributed by atoms with Crippen molar-refractivity contribution in [3.63, 3.8) is 0 Å². The zero-order valence-electron chi connectivity index (χ0n) is 25.2. The van der Waals surface area contributed by atoms with E-state index in [1.54, 1.807) is 45.0 Å². The predicted molar refractivity (Wildman–Crippen MR) is 164 cm³/mol. The second kappa shape index (κ2) is 12.5. The van der Waals surface area contributed by atoms with Crippen LogP contribution in [-0.4, -0.2) is 40.0 Å². The summed E-state index contributed by atoms with van der Waals surface area (Å²) >= 11 is 0. The number of anilines is 1. The summed E-state index contributed by atoms with van der Waals surface area (Å²) in [6.07, 6.45) is 5.15. The Morgan fingerprint density at radius 3 is 2.07 bits per heavy atom. The van der Waals surface area contributed by atoms with E-state index in [9.17, 15) is 14.4 Å². The van der Waals surface area contributed by atoms with Crippen LogP contribution < -0.4 is 10.6 Å². The Morgan fingerprint density at radius 2 is 1.49 bits per heavy atom. The number of fused-ring (bicyclic) bond motifs is 1. The van der Waals surface area contributed by atoms with E-state index in [2.05, 4.69) is 16.6 Å². The molecule has 216 valence electrons. The molecule has 3 aromatic carbocycles. The molecule has 2 atom stereocenters. The van der Waals surface area contributed by atoms with Crippen molar-refractivity contribution in [2.45, 2.75) is 78.6 Å². The maximum Gasteiger partial charge on any atom is 0.408 e. The quantitative estimate of drug-likeness (QED) is 0.319. The van der Waals surface area contributed by atoms with E-state index < -0.39 is 41.1 Å². The third kappa shape index (κ3) is 7.88. The lowest BCUT2D eigenvalue weighted by molar-refractivity contribution is -0.147. The molecule has 0 spiro atoms. The Balaban J connectivity index is 2.11. The zero-order valence-corrected chi connectivity index (χ0v) is 25.2. The van der Waals surface area contributed by atoms with Gasteiger partial charge in [-0.25, -0.2) is 4.79 Å². The van der Waals surface area contributed by atoms with Crippen LogP contribution in [0.15, 0.2) is 66.7 Å². The number of nitrogens with zero attached hydrogens (tertiary/aromatic N) is 1. The molecular formula is C34H41N3O4. The van der Waals surface area contributed by atoms with Crippen molar-refractivity contribution < 1.29 is 19.1 Å². The van der Waals surface area contributed by atoms with Gasteiger partial charge in [0.05, 0.1) is 0 Å². The van der Waals surface area contributed by atoms with Crippen LogP contribution in [0.5, 0.6) is 0 Å². The van der Waals surface area contributed by atoms with Gasteiger partial charge in [0, 0.05) is 16.8 Å². The average Bonchev–Trinajstić information content (AvgIpc) is 2.88. The summed E-state index contributed by atoms with van der Waals surface area (Å²) in [5.41, 5.74) is 0.00973. The number of rotatable bonds is 7. The Kier molecular flexibility index (Phi) is 9.49. The fourth-order valence-corrected chi connectivity index (χ4v) is 4.69. The van der Waals surface area contributed by atoms with Crippen LogP contribution in [0.3, 0.4) is 0 Å². The molecule has 0 radical (unpaired) electrons. The molecule has 0 aromatic heterocycles. The molecule has 0 saturated heterocycles. The molecule has 3 aromatic rings. The molecule has 0 aliphatic carbocycles. The normalized spacial score (nSPS) is 13.2. The molecular weight excluding hydrogens is 514 g/mol. The standard InChI is InChI=1S/C34H41N3O4/c1-10-23-15-13-14-18-27(23)29(30(38)35-26-20-19-24-16-11-12-17-25(24)21-26)37(33(4,5)6)31(39)28(22(2)3)36-32(40)41-34(7,8)9/h1,11-22,28-29H,2-9H3,(H,35,38)(H,36,40). The summed E-state index contributed by atoms with van der Waals surface area (Å²) in [5.74, 6) is 1.52. The van der Waals surface area contributed by atoms with Gasteiger partial charge in [0.15, 0.2) is 0 Å². The summed E-state index contributed by atoms with van der Waals surface area (Å²) < 4.78 is 5.45. The predicted octanol–water partition coefficient (Wildman–Crippen LogP) is 6.68. The van der Waals surface area contributed by atoms with Crippen molar-refractivity contribution >= 4 is 34.4 Å². The summed E-state index contributed by atoms with van der Waals surface area (Å²) in [6, 6.07) is 18.5. The number of ether oxygens (including phenoxy) is 1. The molecule has 7 heteroatoms. The Labute approximate surface area is 243 Å². The lowest BCUT2D eigenvalue weighted by Gasteiger charge is -2.43. The number of nitrogens with one attached hydrogen (secondary N) is 2. The Morgan fingerprint density at radius 1 is 0.878 bits per heavy atom. The minimum Gasteiger partial charge on any atom is -0.444 e. The highest BCUT2D eigenvalue weighted by atomic mass is 16.6. The van der Waals surface area contributed by atoms with E-state index in [0.717, 1.165) is 10.8 Å². The van der Waals surface area contributed by atoms with Crippen molar-refractivity contribution in [2.24, 2.45) is 5.92 Å². The first-order chi connectivity index (χ1) is 19.1. The number of carbonyl (C=O) groups is 3. The molecule has 7 nitrogen and oxygen atoms in total. The number of amides is 3. The van der Waals surface area contributed by atoms with Gasteiger partial charge in [-0.3, -0.25) is 9.59 Å². The lowest BCUT2D eigenvalue weighted by Crippen LogP contribution is -2.59. The smallest absolute Gasteiger partial charge is 0.408 e. The highest BCUT2D eigenvalue weighted by molar-refractivity contribution is 6.01. The van der Waals surface area contributed by atoms with Gasteiger partial charge in [0.25, 0.3) is 5.91 Å². The van der Waals surface area contributed by atoms with Crippen LogP contribution >= 0.6 is 0 Å². The molecule has 2 N–H and O–H groups in total. The molecule has 0 fully saturated rings. The average molecular weight is 556 g/mol. The van der Waals surface area contributed by atoms with Crippen LogP contribution in [0.25, 0.3) is 10.8 Å². The fourth-order valence-electron chi connectivity index (χ4n) is 4.69. The topological polar surface area (TPSA) is 87.7 Å². The first-order valence-corrected chi connectivity index (χ1v) is 13.8. The number of terminal acetylenes is 1. The van der Waals surface area contributed by atoms with Crippen molar-refractivity contribution in [3.8, 4) is 12.3 Å². The molecule has 41 heavy (non-hydrogen) atoms. The number of carbonyl (C=O) groups excluding carboxylic acids is 3. The first kappa shape index (κ1) is 31.2. The third-order valence-electron chi connectivity index (χ3n) is 6.50. The van der Waals surface area contributed by atoms with Crippen molar-refractivity contribution in [2.75, 3.05) is 5.32 Å². The highest BCUT2D eigenvalue weighted by Crippen LogP contribution is 2.33. The van der Waals surface area contributed by atoms with Gasteiger partial charge >= 0.3 is 6.09 Å². The SMILES string of the molecule is C#Cc1ccccc1C(C(=O)Nc1ccc2ccccc2c1)N(C(=O)C(NC(=O)OC(C)(C)C)C(C)C)C(C)(C)C. The van der Waals surface area contributed by atoms with E-state index in [0.29, 0.717) is 16.8 Å². The fraction of sp³-hybridized carbons (Fsp3) is 0.382. The van der Waals surface area contributed by atoms with E-state index >= 15 is 0 Å².